The molecule has 8 nitrogen and oxygen atoms in total. The normalized spacial score (nSPS) is 15.0. The van der Waals surface area contributed by atoms with Crippen LogP contribution in [0.15, 0.2) is 17.4 Å². The molecule has 0 aromatic carbocycles. The first-order chi connectivity index (χ1) is 8.13. The fraction of sp³-hybridized carbons (Fsp3) is 0.444. The summed E-state index contributed by atoms with van der Waals surface area (Å²) in [4.78, 5) is 21.7. The molecule has 0 aliphatic carbocycles. The van der Waals surface area contributed by atoms with Gasteiger partial charge < -0.3 is 25.5 Å². The maximum Gasteiger partial charge on any atom is 0.278 e. The average Bonchev–Trinajstić information content (AvgIpc) is 2.73. The Labute approximate surface area is 95.7 Å². The van der Waals surface area contributed by atoms with E-state index in [1.54, 1.807) is 4.57 Å². The molecule has 2 aromatic rings. The number of hydrogen-bond acceptors (Lipinski definition) is 6. The molecule has 0 aliphatic heterocycles. The zero-order valence-corrected chi connectivity index (χ0v) is 8.95. The molecule has 2 rings (SSSR count). The highest BCUT2D eigenvalue weighted by Crippen LogP contribution is 2.05. The van der Waals surface area contributed by atoms with Crippen LogP contribution in [0, 0.1) is 0 Å². The van der Waals surface area contributed by atoms with Gasteiger partial charge in [-0.3, -0.25) is 4.79 Å². The third kappa shape index (κ3) is 2.18. The Hall–Kier alpha value is -1.77. The monoisotopic (exact) mass is 239 g/mol. The summed E-state index contributed by atoms with van der Waals surface area (Å²) in [5, 5.41) is 18.1. The molecule has 0 amide bonds. The summed E-state index contributed by atoms with van der Waals surface area (Å²) in [5.74, 6) is 0. The highest BCUT2D eigenvalue weighted by atomic mass is 16.3. The van der Waals surface area contributed by atoms with Gasteiger partial charge in [-0.2, -0.15) is 0 Å². The summed E-state index contributed by atoms with van der Waals surface area (Å²) in [6.07, 6.45) is 1.68. The molecule has 2 atom stereocenters. The molecule has 0 unspecified atom stereocenters. The van der Waals surface area contributed by atoms with E-state index in [0.717, 1.165) is 0 Å². The molecule has 17 heavy (non-hydrogen) atoms. The van der Waals surface area contributed by atoms with Crippen molar-refractivity contribution >= 4 is 11.2 Å². The van der Waals surface area contributed by atoms with Crippen LogP contribution in [-0.2, 0) is 6.54 Å². The van der Waals surface area contributed by atoms with E-state index in [9.17, 15) is 9.90 Å². The second-order valence-corrected chi connectivity index (χ2v) is 3.71. The number of rotatable bonds is 4. The van der Waals surface area contributed by atoms with Gasteiger partial charge in [-0.15, -0.1) is 0 Å². The van der Waals surface area contributed by atoms with Gasteiger partial charge in [-0.25, -0.2) is 9.97 Å². The van der Waals surface area contributed by atoms with Gasteiger partial charge in [0.25, 0.3) is 5.56 Å². The number of nitrogens with zero attached hydrogens (tertiary/aromatic N) is 3. The first-order valence-electron chi connectivity index (χ1n) is 5.06. The van der Waals surface area contributed by atoms with Crippen molar-refractivity contribution in [3.63, 3.8) is 0 Å². The maximum atomic E-state index is 11.4. The lowest BCUT2D eigenvalue weighted by Gasteiger charge is -2.16. The van der Waals surface area contributed by atoms with Gasteiger partial charge in [0.05, 0.1) is 31.4 Å². The Bertz CT molecular complexity index is 563. The standard InChI is InChI=1S/C9H13N5O3/c10-5(6(16)2-15)1-14-4-13-7-8(14)11-3-12-9(7)17/h3-6,15-16H,1-2,10H2,(H,11,12,17)/t5-,6+/m0/s1. The first-order valence-corrected chi connectivity index (χ1v) is 5.06. The molecule has 0 radical (unpaired) electrons. The Morgan fingerprint density at radius 3 is 3.00 bits per heavy atom. The zero-order chi connectivity index (χ0) is 12.4. The van der Waals surface area contributed by atoms with Crippen LogP contribution in [0.1, 0.15) is 0 Å². The van der Waals surface area contributed by atoms with E-state index in [0.29, 0.717) is 5.65 Å². The van der Waals surface area contributed by atoms with Gasteiger partial charge in [0, 0.05) is 6.54 Å². The summed E-state index contributed by atoms with van der Waals surface area (Å²) in [7, 11) is 0. The Balaban J connectivity index is 2.31. The molecule has 2 aromatic heterocycles. The van der Waals surface area contributed by atoms with Gasteiger partial charge in [-0.05, 0) is 0 Å². The second-order valence-electron chi connectivity index (χ2n) is 3.71. The molecule has 0 aliphatic rings. The van der Waals surface area contributed by atoms with Crippen molar-refractivity contribution in [2.75, 3.05) is 6.61 Å². The summed E-state index contributed by atoms with van der Waals surface area (Å²) in [6.45, 7) is -0.198. The topological polar surface area (TPSA) is 130 Å². The van der Waals surface area contributed by atoms with Gasteiger partial charge >= 0.3 is 0 Å². The lowest BCUT2D eigenvalue weighted by molar-refractivity contribution is 0.0696. The summed E-state index contributed by atoms with van der Waals surface area (Å²) < 4.78 is 1.56. The number of nitrogens with two attached hydrogens (primary N) is 1. The number of H-pyrrole nitrogens is 1. The Kier molecular flexibility index (Phi) is 3.18. The molecule has 0 saturated heterocycles. The van der Waals surface area contributed by atoms with Crippen LogP contribution in [0.2, 0.25) is 0 Å². The Morgan fingerprint density at radius 1 is 1.53 bits per heavy atom. The van der Waals surface area contributed by atoms with Gasteiger partial charge in [0.1, 0.15) is 0 Å². The lowest BCUT2D eigenvalue weighted by atomic mass is 10.2. The van der Waals surface area contributed by atoms with E-state index in [-0.39, 0.29) is 17.6 Å². The molecule has 8 heteroatoms. The minimum atomic E-state index is -1.02. The molecule has 2 heterocycles. The molecule has 5 N–H and O–H groups in total. The fourth-order valence-corrected chi connectivity index (χ4v) is 1.51. The lowest BCUT2D eigenvalue weighted by Crippen LogP contribution is -2.40. The molecular formula is C9H13N5O3. The van der Waals surface area contributed by atoms with Crippen molar-refractivity contribution in [1.29, 1.82) is 0 Å². The quantitative estimate of drug-likeness (QED) is 0.479. The Morgan fingerprint density at radius 2 is 2.29 bits per heavy atom. The average molecular weight is 239 g/mol. The molecular weight excluding hydrogens is 226 g/mol. The molecule has 92 valence electrons. The number of aliphatic hydroxyl groups is 2. The van der Waals surface area contributed by atoms with Crippen molar-refractivity contribution < 1.29 is 10.2 Å². The van der Waals surface area contributed by atoms with Crippen molar-refractivity contribution in [3.05, 3.63) is 23.0 Å². The van der Waals surface area contributed by atoms with Gasteiger partial charge in [0.2, 0.25) is 0 Å². The van der Waals surface area contributed by atoms with Crippen LogP contribution >= 0.6 is 0 Å². The van der Waals surface area contributed by atoms with E-state index in [2.05, 4.69) is 15.0 Å². The van der Waals surface area contributed by atoms with Crippen molar-refractivity contribution in [1.82, 2.24) is 19.5 Å². The van der Waals surface area contributed by atoms with E-state index >= 15 is 0 Å². The largest absolute Gasteiger partial charge is 0.394 e. The number of aromatic nitrogens is 4. The highest BCUT2D eigenvalue weighted by molar-refractivity contribution is 5.68. The minimum absolute atomic E-state index is 0.217. The minimum Gasteiger partial charge on any atom is -0.394 e. The van der Waals surface area contributed by atoms with E-state index in [4.69, 9.17) is 10.8 Å². The second kappa shape index (κ2) is 4.62. The highest BCUT2D eigenvalue weighted by Gasteiger charge is 2.16. The number of imidazole rings is 1. The third-order valence-corrected chi connectivity index (χ3v) is 2.50. The molecule has 0 bridgehead atoms. The van der Waals surface area contributed by atoms with Crippen LogP contribution in [0.4, 0.5) is 0 Å². The molecule has 0 fully saturated rings. The third-order valence-electron chi connectivity index (χ3n) is 2.50. The van der Waals surface area contributed by atoms with Crippen LogP contribution in [0.5, 0.6) is 0 Å². The predicted molar refractivity (Wildman–Crippen MR) is 59.2 cm³/mol. The summed E-state index contributed by atoms with van der Waals surface area (Å²) in [5.41, 5.74) is 5.97. The van der Waals surface area contributed by atoms with Crippen LogP contribution in [-0.4, -0.2) is 48.5 Å². The van der Waals surface area contributed by atoms with Crippen LogP contribution < -0.4 is 11.3 Å². The summed E-state index contributed by atoms with van der Waals surface area (Å²) in [6, 6.07) is -0.654. The number of aliphatic hydroxyl groups excluding tert-OH is 2. The number of hydrogen-bond donors (Lipinski definition) is 4. The van der Waals surface area contributed by atoms with Crippen LogP contribution in [0.25, 0.3) is 11.2 Å². The first kappa shape index (κ1) is 11.7. The smallest absolute Gasteiger partial charge is 0.278 e. The van der Waals surface area contributed by atoms with E-state index in [1.165, 1.54) is 12.7 Å². The summed E-state index contributed by atoms with van der Waals surface area (Å²) >= 11 is 0. The van der Waals surface area contributed by atoms with Crippen molar-refractivity contribution in [2.24, 2.45) is 5.73 Å². The fourth-order valence-electron chi connectivity index (χ4n) is 1.51. The van der Waals surface area contributed by atoms with Gasteiger partial charge in [0.15, 0.2) is 11.2 Å². The molecule has 0 saturated carbocycles. The number of fused-ring (bicyclic) bond motifs is 1. The van der Waals surface area contributed by atoms with Crippen molar-refractivity contribution in [2.45, 2.75) is 18.7 Å². The van der Waals surface area contributed by atoms with E-state index < -0.39 is 18.8 Å². The molecule has 0 spiro atoms. The number of aromatic amines is 1. The zero-order valence-electron chi connectivity index (χ0n) is 8.95. The number of nitrogens with one attached hydrogen (secondary N) is 1. The van der Waals surface area contributed by atoms with Gasteiger partial charge in [-0.1, -0.05) is 0 Å². The SMILES string of the molecule is N[C@@H](Cn1cnc2c(=O)[nH]cnc21)[C@H](O)CO. The van der Waals surface area contributed by atoms with E-state index in [1.807, 2.05) is 0 Å². The van der Waals surface area contributed by atoms with Crippen molar-refractivity contribution in [3.8, 4) is 0 Å². The van der Waals surface area contributed by atoms with Crippen LogP contribution in [0.3, 0.4) is 0 Å². The maximum absolute atomic E-state index is 11.4. The predicted octanol–water partition coefficient (Wildman–Crippen LogP) is -2.20.